The number of thiophene rings is 1. The lowest BCUT2D eigenvalue weighted by molar-refractivity contribution is 0.0742. The smallest absolute Gasteiger partial charge is 0.264 e. The predicted molar refractivity (Wildman–Crippen MR) is 78.5 cm³/mol. The maximum atomic E-state index is 12.5. The monoisotopic (exact) mass is 317 g/mol. The van der Waals surface area contributed by atoms with Crippen LogP contribution in [0.3, 0.4) is 0 Å². The van der Waals surface area contributed by atoms with Gasteiger partial charge in [-0.25, -0.2) is 13.1 Å². The van der Waals surface area contributed by atoms with Crippen molar-refractivity contribution in [3.8, 4) is 0 Å². The van der Waals surface area contributed by atoms with Crippen molar-refractivity contribution in [2.24, 2.45) is 0 Å². The number of likely N-dealkylation sites (N-methyl/N-ethyl adjacent to an activating group) is 1. The molecule has 8 heteroatoms. The van der Waals surface area contributed by atoms with Crippen LogP contribution in [-0.4, -0.2) is 52.5 Å². The second-order valence-electron chi connectivity index (χ2n) is 4.71. The molecular formula is C12H19N3O3S2. The van der Waals surface area contributed by atoms with Crippen molar-refractivity contribution < 1.29 is 13.2 Å². The van der Waals surface area contributed by atoms with Crippen molar-refractivity contribution >= 4 is 27.3 Å². The highest BCUT2D eigenvalue weighted by Crippen LogP contribution is 2.25. The first-order valence-electron chi connectivity index (χ1n) is 6.47. The van der Waals surface area contributed by atoms with Crippen LogP contribution in [0.5, 0.6) is 0 Å². The van der Waals surface area contributed by atoms with Gasteiger partial charge in [0, 0.05) is 24.5 Å². The number of nitrogens with zero attached hydrogens (tertiary/aromatic N) is 1. The number of carbonyl (C=O) groups is 1. The molecule has 1 saturated heterocycles. The third kappa shape index (κ3) is 3.03. The summed E-state index contributed by atoms with van der Waals surface area (Å²) < 4.78 is 25.6. The Morgan fingerprint density at radius 2 is 2.25 bits per heavy atom. The minimum Gasteiger partial charge on any atom is -0.334 e. The molecule has 20 heavy (non-hydrogen) atoms. The van der Waals surface area contributed by atoms with E-state index in [1.165, 1.54) is 29.8 Å². The number of hydrogen-bond acceptors (Lipinski definition) is 5. The zero-order valence-electron chi connectivity index (χ0n) is 11.5. The van der Waals surface area contributed by atoms with E-state index in [0.29, 0.717) is 4.88 Å². The summed E-state index contributed by atoms with van der Waals surface area (Å²) in [6, 6.07) is 1.65. The van der Waals surface area contributed by atoms with Crippen LogP contribution in [0, 0.1) is 0 Å². The van der Waals surface area contributed by atoms with E-state index < -0.39 is 10.0 Å². The normalized spacial score (nSPS) is 19.5. The average molecular weight is 317 g/mol. The van der Waals surface area contributed by atoms with E-state index in [9.17, 15) is 13.2 Å². The SMILES string of the molecule is CNC[C@@H]1CCCN1C(=O)c1cc(S(=O)(=O)NC)cs1. The second-order valence-corrected chi connectivity index (χ2v) is 7.50. The van der Waals surface area contributed by atoms with Crippen LogP contribution in [0.2, 0.25) is 0 Å². The lowest BCUT2D eigenvalue weighted by Gasteiger charge is -2.23. The van der Waals surface area contributed by atoms with Crippen LogP contribution in [0.1, 0.15) is 22.5 Å². The third-order valence-electron chi connectivity index (χ3n) is 3.44. The van der Waals surface area contributed by atoms with Crippen molar-refractivity contribution in [3.63, 3.8) is 0 Å². The Balaban J connectivity index is 2.18. The number of nitrogens with one attached hydrogen (secondary N) is 2. The van der Waals surface area contributed by atoms with E-state index in [-0.39, 0.29) is 16.8 Å². The molecule has 6 nitrogen and oxygen atoms in total. The molecule has 0 radical (unpaired) electrons. The Morgan fingerprint density at radius 1 is 1.50 bits per heavy atom. The average Bonchev–Trinajstić information content (AvgIpc) is 3.07. The summed E-state index contributed by atoms with van der Waals surface area (Å²) in [4.78, 5) is 14.9. The zero-order valence-corrected chi connectivity index (χ0v) is 13.2. The van der Waals surface area contributed by atoms with Gasteiger partial charge in [-0.3, -0.25) is 4.79 Å². The van der Waals surface area contributed by atoms with Gasteiger partial charge in [0.1, 0.15) is 0 Å². The molecule has 0 unspecified atom stereocenters. The molecule has 0 aliphatic carbocycles. The van der Waals surface area contributed by atoms with Gasteiger partial charge in [0.2, 0.25) is 10.0 Å². The molecule has 0 bridgehead atoms. The van der Waals surface area contributed by atoms with E-state index >= 15 is 0 Å². The minimum absolute atomic E-state index is 0.0784. The maximum Gasteiger partial charge on any atom is 0.264 e. The van der Waals surface area contributed by atoms with E-state index in [2.05, 4.69) is 10.0 Å². The summed E-state index contributed by atoms with van der Waals surface area (Å²) in [6.07, 6.45) is 1.98. The van der Waals surface area contributed by atoms with Crippen molar-refractivity contribution in [2.45, 2.75) is 23.8 Å². The fourth-order valence-corrected chi connectivity index (χ4v) is 4.34. The Hall–Kier alpha value is -0.960. The first kappa shape index (κ1) is 15.4. The lowest BCUT2D eigenvalue weighted by Crippen LogP contribution is -2.40. The number of carbonyl (C=O) groups excluding carboxylic acids is 1. The number of likely N-dealkylation sites (tertiary alicyclic amines) is 1. The van der Waals surface area contributed by atoms with Crippen LogP contribution in [0.25, 0.3) is 0 Å². The van der Waals surface area contributed by atoms with E-state index in [1.54, 1.807) is 0 Å². The van der Waals surface area contributed by atoms with Crippen LogP contribution < -0.4 is 10.0 Å². The van der Waals surface area contributed by atoms with Gasteiger partial charge in [0.25, 0.3) is 5.91 Å². The summed E-state index contributed by atoms with van der Waals surface area (Å²) in [5, 5.41) is 4.59. The first-order valence-corrected chi connectivity index (χ1v) is 8.83. The van der Waals surface area contributed by atoms with Gasteiger partial charge in [0.05, 0.1) is 9.77 Å². The Morgan fingerprint density at radius 3 is 2.90 bits per heavy atom. The van der Waals surface area contributed by atoms with E-state index in [4.69, 9.17) is 0 Å². The molecule has 1 aliphatic heterocycles. The molecule has 1 aromatic rings. The zero-order chi connectivity index (χ0) is 14.8. The molecule has 1 fully saturated rings. The molecule has 2 N–H and O–H groups in total. The molecular weight excluding hydrogens is 298 g/mol. The molecule has 2 heterocycles. The van der Waals surface area contributed by atoms with Crippen LogP contribution >= 0.6 is 11.3 Å². The van der Waals surface area contributed by atoms with Crippen LogP contribution in [0.15, 0.2) is 16.3 Å². The van der Waals surface area contributed by atoms with Crippen LogP contribution in [-0.2, 0) is 10.0 Å². The molecule has 2 rings (SSSR count). The van der Waals surface area contributed by atoms with Gasteiger partial charge >= 0.3 is 0 Å². The topological polar surface area (TPSA) is 78.5 Å². The fourth-order valence-electron chi connectivity index (χ4n) is 2.38. The number of sulfonamides is 1. The van der Waals surface area contributed by atoms with Gasteiger partial charge in [-0.15, -0.1) is 11.3 Å². The van der Waals surface area contributed by atoms with Crippen LogP contribution in [0.4, 0.5) is 0 Å². The molecule has 1 aliphatic rings. The van der Waals surface area contributed by atoms with Gasteiger partial charge in [-0.05, 0) is 33.0 Å². The second kappa shape index (κ2) is 6.21. The maximum absolute atomic E-state index is 12.5. The predicted octanol–water partition coefficient (Wildman–Crippen LogP) is 0.480. The Bertz CT molecular complexity index is 583. The number of hydrogen-bond donors (Lipinski definition) is 2. The van der Waals surface area contributed by atoms with E-state index in [1.807, 2.05) is 11.9 Å². The van der Waals surface area contributed by atoms with E-state index in [0.717, 1.165) is 25.9 Å². The Kier molecular flexibility index (Phi) is 4.79. The van der Waals surface area contributed by atoms with Crippen molar-refractivity contribution in [2.75, 3.05) is 27.2 Å². The van der Waals surface area contributed by atoms with Crippen molar-refractivity contribution in [3.05, 3.63) is 16.3 Å². The highest BCUT2D eigenvalue weighted by molar-refractivity contribution is 7.89. The largest absolute Gasteiger partial charge is 0.334 e. The molecule has 0 aromatic carbocycles. The fraction of sp³-hybridized carbons (Fsp3) is 0.583. The summed E-state index contributed by atoms with van der Waals surface area (Å²) in [6.45, 7) is 1.50. The van der Waals surface area contributed by atoms with Gasteiger partial charge in [-0.2, -0.15) is 0 Å². The molecule has 1 aromatic heterocycles. The number of rotatable bonds is 5. The summed E-state index contributed by atoms with van der Waals surface area (Å²) >= 11 is 1.18. The highest BCUT2D eigenvalue weighted by atomic mass is 32.2. The minimum atomic E-state index is -3.48. The third-order valence-corrected chi connectivity index (χ3v) is 5.90. The highest BCUT2D eigenvalue weighted by Gasteiger charge is 2.30. The molecule has 0 saturated carbocycles. The summed E-state index contributed by atoms with van der Waals surface area (Å²) in [5.74, 6) is -0.0784. The first-order chi connectivity index (χ1) is 9.49. The molecule has 0 spiro atoms. The van der Waals surface area contributed by atoms with Gasteiger partial charge < -0.3 is 10.2 Å². The lowest BCUT2D eigenvalue weighted by atomic mass is 10.2. The Labute approximate surface area is 123 Å². The van der Waals surface area contributed by atoms with Crippen molar-refractivity contribution in [1.82, 2.24) is 14.9 Å². The molecule has 1 atom stereocenters. The summed E-state index contributed by atoms with van der Waals surface area (Å²) in [7, 11) is -0.257. The number of amides is 1. The standard InChI is InChI=1S/C12H19N3O3S2/c1-13-7-9-4-3-5-15(9)12(16)11-6-10(8-19-11)20(17,18)14-2/h6,8-9,13-14H,3-5,7H2,1-2H3/t9-/m0/s1. The molecule has 1 amide bonds. The molecule has 112 valence electrons. The van der Waals surface area contributed by atoms with Gasteiger partial charge in [-0.1, -0.05) is 0 Å². The van der Waals surface area contributed by atoms with Gasteiger partial charge in [0.15, 0.2) is 0 Å². The van der Waals surface area contributed by atoms with Crippen molar-refractivity contribution in [1.29, 1.82) is 0 Å². The summed E-state index contributed by atoms with van der Waals surface area (Å²) in [5.41, 5.74) is 0. The quantitative estimate of drug-likeness (QED) is 0.828.